The van der Waals surface area contributed by atoms with Crippen LogP contribution in [0.25, 0.3) is 10.2 Å². The fourth-order valence-electron chi connectivity index (χ4n) is 1.66. The molecule has 1 aliphatic rings. The Balaban J connectivity index is 1.83. The molecule has 3 rings (SSSR count). The highest BCUT2D eigenvalue weighted by atomic mass is 35.5. The summed E-state index contributed by atoms with van der Waals surface area (Å²) in [6.45, 7) is 0.910. The number of benzene rings is 1. The number of amides is 1. The summed E-state index contributed by atoms with van der Waals surface area (Å²) in [6.07, 6.45) is 0.891. The lowest BCUT2D eigenvalue weighted by molar-refractivity contribution is -0.119. The lowest BCUT2D eigenvalue weighted by atomic mass is 10.1. The molecule has 1 aromatic heterocycles. The lowest BCUT2D eigenvalue weighted by Crippen LogP contribution is -2.50. The maximum Gasteiger partial charge on any atom is 0.243 e. The average molecular weight is 268 g/mol. The van der Waals surface area contributed by atoms with Gasteiger partial charge in [-0.2, -0.15) is 0 Å². The maximum absolute atomic E-state index is 11.7. The van der Waals surface area contributed by atoms with Crippen molar-refractivity contribution < 1.29 is 4.79 Å². The Morgan fingerprint density at radius 1 is 1.59 bits per heavy atom. The fourth-order valence-corrected chi connectivity index (χ4v) is 2.67. The molecular weight excluding hydrogens is 258 g/mol. The number of hydrogen-bond donors (Lipinski definition) is 2. The molecule has 1 unspecified atom stereocenters. The van der Waals surface area contributed by atoms with Crippen LogP contribution in [-0.4, -0.2) is 23.5 Å². The molecule has 1 saturated heterocycles. The molecule has 17 heavy (non-hydrogen) atoms. The Morgan fingerprint density at radius 3 is 3.12 bits per heavy atom. The summed E-state index contributed by atoms with van der Waals surface area (Å²) in [7, 11) is 0. The van der Waals surface area contributed by atoms with Crippen molar-refractivity contribution in [3.63, 3.8) is 0 Å². The summed E-state index contributed by atoms with van der Waals surface area (Å²) in [4.78, 5) is 16.0. The first-order valence-electron chi connectivity index (χ1n) is 5.33. The van der Waals surface area contributed by atoms with Crippen LogP contribution >= 0.6 is 22.9 Å². The average Bonchev–Trinajstić information content (AvgIpc) is 2.55. The molecule has 0 radical (unpaired) electrons. The van der Waals surface area contributed by atoms with Crippen molar-refractivity contribution >= 4 is 44.2 Å². The van der Waals surface area contributed by atoms with Gasteiger partial charge in [0.05, 0.1) is 16.3 Å². The number of anilines is 1. The van der Waals surface area contributed by atoms with Crippen molar-refractivity contribution in [3.8, 4) is 0 Å². The van der Waals surface area contributed by atoms with E-state index >= 15 is 0 Å². The second kappa shape index (κ2) is 4.25. The first-order chi connectivity index (χ1) is 8.22. The van der Waals surface area contributed by atoms with Crippen LogP contribution in [0.15, 0.2) is 18.2 Å². The monoisotopic (exact) mass is 267 g/mol. The predicted molar refractivity (Wildman–Crippen MR) is 69.7 cm³/mol. The molecule has 0 bridgehead atoms. The molecule has 2 N–H and O–H groups in total. The Morgan fingerprint density at radius 2 is 2.41 bits per heavy atom. The molecule has 4 nitrogen and oxygen atoms in total. The van der Waals surface area contributed by atoms with Crippen LogP contribution in [-0.2, 0) is 4.79 Å². The highest BCUT2D eigenvalue weighted by molar-refractivity contribution is 7.22. The van der Waals surface area contributed by atoms with Gasteiger partial charge in [0.1, 0.15) is 0 Å². The maximum atomic E-state index is 11.7. The van der Waals surface area contributed by atoms with Gasteiger partial charge in [0.2, 0.25) is 5.91 Å². The third kappa shape index (κ3) is 2.13. The van der Waals surface area contributed by atoms with Gasteiger partial charge in [-0.15, -0.1) is 0 Å². The number of halogens is 1. The summed E-state index contributed by atoms with van der Waals surface area (Å²) in [6, 6.07) is 5.46. The second-order valence-corrected chi connectivity index (χ2v) is 5.38. The van der Waals surface area contributed by atoms with Gasteiger partial charge in [0, 0.05) is 5.02 Å². The Labute approximate surface area is 107 Å². The third-order valence-corrected chi connectivity index (χ3v) is 3.91. The highest BCUT2D eigenvalue weighted by Crippen LogP contribution is 2.28. The number of fused-ring (bicyclic) bond motifs is 1. The molecule has 1 fully saturated rings. The van der Waals surface area contributed by atoms with Crippen molar-refractivity contribution in [2.45, 2.75) is 12.5 Å². The largest absolute Gasteiger partial charge is 0.306 e. The molecule has 1 amide bonds. The van der Waals surface area contributed by atoms with Gasteiger partial charge in [-0.25, -0.2) is 4.98 Å². The standard InChI is InChI=1S/C11H10ClN3OS/c12-6-1-2-9-8(5-6)14-11(17-9)15-10(16)7-3-4-13-7/h1-2,5,7,13H,3-4H2,(H,14,15,16). The zero-order valence-corrected chi connectivity index (χ0v) is 10.4. The van der Waals surface area contributed by atoms with Gasteiger partial charge in [0.15, 0.2) is 5.13 Å². The number of nitrogens with zero attached hydrogens (tertiary/aromatic N) is 1. The van der Waals surface area contributed by atoms with Crippen molar-refractivity contribution in [2.24, 2.45) is 0 Å². The molecule has 2 aromatic rings. The lowest BCUT2D eigenvalue weighted by Gasteiger charge is -2.25. The summed E-state index contributed by atoms with van der Waals surface area (Å²) in [5.41, 5.74) is 0.819. The van der Waals surface area contributed by atoms with E-state index in [-0.39, 0.29) is 11.9 Å². The van der Waals surface area contributed by atoms with E-state index in [1.54, 1.807) is 6.07 Å². The normalized spacial score (nSPS) is 19.0. The molecule has 1 atom stereocenters. The molecule has 2 heterocycles. The highest BCUT2D eigenvalue weighted by Gasteiger charge is 2.25. The van der Waals surface area contributed by atoms with E-state index in [2.05, 4.69) is 15.6 Å². The van der Waals surface area contributed by atoms with Crippen LogP contribution in [0, 0.1) is 0 Å². The number of nitrogens with one attached hydrogen (secondary N) is 2. The van der Waals surface area contributed by atoms with E-state index < -0.39 is 0 Å². The SMILES string of the molecule is O=C(Nc1nc2cc(Cl)ccc2s1)C1CCN1. The van der Waals surface area contributed by atoms with Gasteiger partial charge >= 0.3 is 0 Å². The zero-order chi connectivity index (χ0) is 11.8. The molecule has 1 aliphatic heterocycles. The Hall–Kier alpha value is -1.17. The van der Waals surface area contributed by atoms with E-state index in [1.165, 1.54) is 11.3 Å². The van der Waals surface area contributed by atoms with Crippen molar-refractivity contribution in [3.05, 3.63) is 23.2 Å². The van der Waals surface area contributed by atoms with Crippen LogP contribution in [0.2, 0.25) is 5.02 Å². The van der Waals surface area contributed by atoms with E-state index in [4.69, 9.17) is 11.6 Å². The van der Waals surface area contributed by atoms with Gasteiger partial charge in [0.25, 0.3) is 0 Å². The van der Waals surface area contributed by atoms with E-state index in [0.29, 0.717) is 10.2 Å². The number of hydrogen-bond acceptors (Lipinski definition) is 4. The van der Waals surface area contributed by atoms with Gasteiger partial charge in [-0.1, -0.05) is 22.9 Å². The van der Waals surface area contributed by atoms with Crippen molar-refractivity contribution in [1.29, 1.82) is 0 Å². The molecule has 6 heteroatoms. The quantitative estimate of drug-likeness (QED) is 0.878. The summed E-state index contributed by atoms with van der Waals surface area (Å²) >= 11 is 7.34. The summed E-state index contributed by atoms with van der Waals surface area (Å²) in [5, 5.41) is 7.15. The zero-order valence-electron chi connectivity index (χ0n) is 8.87. The number of carbonyl (C=O) groups is 1. The van der Waals surface area contributed by atoms with Crippen molar-refractivity contribution in [2.75, 3.05) is 11.9 Å². The van der Waals surface area contributed by atoms with Gasteiger partial charge < -0.3 is 10.6 Å². The topological polar surface area (TPSA) is 54.0 Å². The molecule has 1 aromatic carbocycles. The molecule has 0 saturated carbocycles. The van der Waals surface area contributed by atoms with Crippen LogP contribution < -0.4 is 10.6 Å². The molecule has 0 spiro atoms. The second-order valence-electron chi connectivity index (χ2n) is 3.92. The minimum absolute atomic E-state index is 0.0126. The minimum atomic E-state index is -0.0643. The number of aromatic nitrogens is 1. The third-order valence-electron chi connectivity index (χ3n) is 2.72. The van der Waals surface area contributed by atoms with Crippen LogP contribution in [0.5, 0.6) is 0 Å². The number of thiazole rings is 1. The first-order valence-corrected chi connectivity index (χ1v) is 6.52. The summed E-state index contributed by atoms with van der Waals surface area (Å²) in [5.74, 6) is -0.0126. The molecular formula is C11H10ClN3OS. The summed E-state index contributed by atoms with van der Waals surface area (Å²) < 4.78 is 1.02. The van der Waals surface area contributed by atoms with Gasteiger partial charge in [-0.3, -0.25) is 4.79 Å². The van der Waals surface area contributed by atoms with Crippen LogP contribution in [0.1, 0.15) is 6.42 Å². The molecule has 88 valence electrons. The Kier molecular flexibility index (Phi) is 2.74. The minimum Gasteiger partial charge on any atom is -0.306 e. The first kappa shape index (κ1) is 11.0. The predicted octanol–water partition coefficient (Wildman–Crippen LogP) is 2.25. The Bertz CT molecular complexity index is 579. The number of carbonyl (C=O) groups excluding carboxylic acids is 1. The van der Waals surface area contributed by atoms with E-state index in [9.17, 15) is 4.79 Å². The van der Waals surface area contributed by atoms with E-state index in [1.807, 2.05) is 12.1 Å². The van der Waals surface area contributed by atoms with Crippen LogP contribution in [0.4, 0.5) is 5.13 Å². The van der Waals surface area contributed by atoms with Crippen LogP contribution in [0.3, 0.4) is 0 Å². The molecule has 0 aliphatic carbocycles. The smallest absolute Gasteiger partial charge is 0.243 e. The van der Waals surface area contributed by atoms with Gasteiger partial charge in [-0.05, 0) is 31.2 Å². The fraction of sp³-hybridized carbons (Fsp3) is 0.273. The van der Waals surface area contributed by atoms with Crippen molar-refractivity contribution in [1.82, 2.24) is 10.3 Å². The number of rotatable bonds is 2. The van der Waals surface area contributed by atoms with E-state index in [0.717, 1.165) is 23.2 Å².